The molecule has 0 fully saturated rings. The number of carbonyl (C=O) groups is 1. The normalized spacial score (nSPS) is 13.5. The van der Waals surface area contributed by atoms with Crippen molar-refractivity contribution in [2.75, 3.05) is 19.6 Å². The minimum Gasteiger partial charge on any atom is -0.444 e. The van der Waals surface area contributed by atoms with E-state index < -0.39 is 5.60 Å². The fourth-order valence-corrected chi connectivity index (χ4v) is 1.94. The number of rotatable bonds is 7. The van der Waals surface area contributed by atoms with Crippen molar-refractivity contribution in [3.05, 3.63) is 0 Å². The number of nitrogens with zero attached hydrogens (tertiary/aromatic N) is 1. The van der Waals surface area contributed by atoms with Gasteiger partial charge in [0.25, 0.3) is 0 Å². The number of hydrogen-bond donors (Lipinski definition) is 1. The topological polar surface area (TPSA) is 41.6 Å². The zero-order chi connectivity index (χ0) is 15.1. The van der Waals surface area contributed by atoms with Gasteiger partial charge in [-0.3, -0.25) is 0 Å². The van der Waals surface area contributed by atoms with Gasteiger partial charge in [0, 0.05) is 25.7 Å². The number of nitrogens with one attached hydrogen (secondary N) is 1. The van der Waals surface area contributed by atoms with Crippen LogP contribution in [-0.4, -0.2) is 42.3 Å². The minimum absolute atomic E-state index is 0.228. The van der Waals surface area contributed by atoms with Crippen LogP contribution < -0.4 is 5.32 Å². The van der Waals surface area contributed by atoms with E-state index >= 15 is 0 Å². The van der Waals surface area contributed by atoms with E-state index in [1.54, 1.807) is 4.90 Å². The summed E-state index contributed by atoms with van der Waals surface area (Å²) in [6.07, 6.45) is 0.923. The van der Waals surface area contributed by atoms with Gasteiger partial charge in [0.15, 0.2) is 0 Å². The van der Waals surface area contributed by atoms with Gasteiger partial charge in [-0.05, 0) is 47.0 Å². The van der Waals surface area contributed by atoms with Crippen molar-refractivity contribution >= 4 is 6.09 Å². The van der Waals surface area contributed by atoms with E-state index in [4.69, 9.17) is 4.74 Å². The first-order chi connectivity index (χ1) is 8.65. The first-order valence-corrected chi connectivity index (χ1v) is 7.37. The van der Waals surface area contributed by atoms with Gasteiger partial charge in [-0.15, -0.1) is 0 Å². The summed E-state index contributed by atoms with van der Waals surface area (Å²) in [5, 5.41) is 3.45. The molecule has 1 N–H and O–H groups in total. The number of likely N-dealkylation sites (N-methyl/N-ethyl adjacent to an activating group) is 1. The average molecular weight is 272 g/mol. The molecule has 0 aromatic heterocycles. The summed E-state index contributed by atoms with van der Waals surface area (Å²) in [7, 11) is 0. The summed E-state index contributed by atoms with van der Waals surface area (Å²) in [5.41, 5.74) is -0.428. The Kier molecular flexibility index (Phi) is 8.07. The number of carbonyl (C=O) groups excluding carboxylic acids is 1. The summed E-state index contributed by atoms with van der Waals surface area (Å²) in [5.74, 6) is 0.690. The lowest BCUT2D eigenvalue weighted by molar-refractivity contribution is 0.0261. The Morgan fingerprint density at radius 1 is 1.26 bits per heavy atom. The van der Waals surface area contributed by atoms with Crippen LogP contribution in [0.2, 0.25) is 0 Å². The zero-order valence-electron chi connectivity index (χ0n) is 13.7. The molecular formula is C15H32N2O2. The van der Waals surface area contributed by atoms with E-state index in [2.05, 4.69) is 26.1 Å². The Morgan fingerprint density at radius 3 is 2.26 bits per heavy atom. The van der Waals surface area contributed by atoms with E-state index in [1.165, 1.54) is 0 Å². The molecule has 0 aliphatic rings. The predicted molar refractivity (Wildman–Crippen MR) is 80.4 cm³/mol. The van der Waals surface area contributed by atoms with Crippen LogP contribution in [0.1, 0.15) is 54.9 Å². The van der Waals surface area contributed by atoms with E-state index in [0.29, 0.717) is 25.0 Å². The molecule has 1 atom stereocenters. The van der Waals surface area contributed by atoms with E-state index in [0.717, 1.165) is 13.0 Å². The number of ether oxygens (including phenoxy) is 1. The number of amides is 1. The lowest BCUT2D eigenvalue weighted by atomic mass is 10.1. The molecular weight excluding hydrogens is 240 g/mol. The lowest BCUT2D eigenvalue weighted by Crippen LogP contribution is -2.41. The maximum Gasteiger partial charge on any atom is 0.410 e. The molecule has 0 aromatic carbocycles. The van der Waals surface area contributed by atoms with Crippen LogP contribution in [0, 0.1) is 5.92 Å². The Balaban J connectivity index is 4.03. The average Bonchev–Trinajstić information content (AvgIpc) is 2.20. The summed E-state index contributed by atoms with van der Waals surface area (Å²) in [6, 6.07) is 0.484. The molecule has 0 aliphatic heterocycles. The smallest absolute Gasteiger partial charge is 0.410 e. The van der Waals surface area contributed by atoms with Crippen LogP contribution in [0.4, 0.5) is 4.79 Å². The summed E-state index contributed by atoms with van der Waals surface area (Å²) in [4.78, 5) is 13.7. The molecule has 1 unspecified atom stereocenters. The molecule has 0 rings (SSSR count). The molecule has 0 aliphatic carbocycles. The quantitative estimate of drug-likeness (QED) is 0.773. The highest BCUT2D eigenvalue weighted by Gasteiger charge is 2.20. The highest BCUT2D eigenvalue weighted by Crippen LogP contribution is 2.09. The van der Waals surface area contributed by atoms with Crippen LogP contribution in [0.3, 0.4) is 0 Å². The van der Waals surface area contributed by atoms with Crippen molar-refractivity contribution in [2.24, 2.45) is 5.92 Å². The van der Waals surface area contributed by atoms with Crippen LogP contribution in [-0.2, 0) is 4.74 Å². The van der Waals surface area contributed by atoms with Crippen LogP contribution in [0.15, 0.2) is 0 Å². The first kappa shape index (κ1) is 18.2. The molecule has 0 radical (unpaired) electrons. The standard InChI is InChI=1S/C15H32N2O2/c1-8-17(14(18)19-15(5,6)7)10-9-16-13(4)11-12(2)3/h12-13,16H,8-11H2,1-7H3. The van der Waals surface area contributed by atoms with E-state index in [-0.39, 0.29) is 6.09 Å². The molecule has 4 nitrogen and oxygen atoms in total. The molecule has 4 heteroatoms. The third-order valence-electron chi connectivity index (χ3n) is 2.73. The Morgan fingerprint density at radius 2 is 1.84 bits per heavy atom. The molecule has 114 valence electrons. The fourth-order valence-electron chi connectivity index (χ4n) is 1.94. The molecule has 0 bridgehead atoms. The van der Waals surface area contributed by atoms with Crippen molar-refractivity contribution in [1.29, 1.82) is 0 Å². The highest BCUT2D eigenvalue weighted by atomic mass is 16.6. The minimum atomic E-state index is -0.428. The van der Waals surface area contributed by atoms with Crippen molar-refractivity contribution < 1.29 is 9.53 Å². The Bertz CT molecular complexity index is 259. The van der Waals surface area contributed by atoms with Gasteiger partial charge in [0.1, 0.15) is 5.60 Å². The van der Waals surface area contributed by atoms with E-state index in [1.807, 2.05) is 27.7 Å². The fraction of sp³-hybridized carbons (Fsp3) is 0.933. The molecule has 1 amide bonds. The Hall–Kier alpha value is -0.770. The van der Waals surface area contributed by atoms with Crippen molar-refractivity contribution in [1.82, 2.24) is 10.2 Å². The van der Waals surface area contributed by atoms with Crippen molar-refractivity contribution in [3.8, 4) is 0 Å². The maximum absolute atomic E-state index is 11.9. The van der Waals surface area contributed by atoms with Crippen molar-refractivity contribution in [2.45, 2.75) is 66.5 Å². The van der Waals surface area contributed by atoms with Crippen LogP contribution in [0.5, 0.6) is 0 Å². The first-order valence-electron chi connectivity index (χ1n) is 7.37. The van der Waals surface area contributed by atoms with Gasteiger partial charge in [-0.1, -0.05) is 13.8 Å². The zero-order valence-corrected chi connectivity index (χ0v) is 13.7. The highest BCUT2D eigenvalue weighted by molar-refractivity contribution is 5.68. The van der Waals surface area contributed by atoms with Gasteiger partial charge >= 0.3 is 6.09 Å². The molecule has 0 spiro atoms. The van der Waals surface area contributed by atoms with E-state index in [9.17, 15) is 4.79 Å². The van der Waals surface area contributed by atoms with Gasteiger partial charge < -0.3 is 15.0 Å². The monoisotopic (exact) mass is 272 g/mol. The third-order valence-corrected chi connectivity index (χ3v) is 2.73. The maximum atomic E-state index is 11.9. The second kappa shape index (κ2) is 8.41. The molecule has 0 saturated carbocycles. The molecule has 0 heterocycles. The van der Waals surface area contributed by atoms with Gasteiger partial charge in [0.2, 0.25) is 0 Å². The second-order valence-electron chi connectivity index (χ2n) is 6.54. The molecule has 19 heavy (non-hydrogen) atoms. The van der Waals surface area contributed by atoms with Gasteiger partial charge in [0.05, 0.1) is 0 Å². The van der Waals surface area contributed by atoms with Gasteiger partial charge in [-0.2, -0.15) is 0 Å². The van der Waals surface area contributed by atoms with Crippen molar-refractivity contribution in [3.63, 3.8) is 0 Å². The Labute approximate surface area is 118 Å². The van der Waals surface area contributed by atoms with Crippen LogP contribution in [0.25, 0.3) is 0 Å². The number of hydrogen-bond acceptors (Lipinski definition) is 3. The van der Waals surface area contributed by atoms with Crippen LogP contribution >= 0.6 is 0 Å². The summed E-state index contributed by atoms with van der Waals surface area (Å²) in [6.45, 7) is 16.4. The lowest BCUT2D eigenvalue weighted by Gasteiger charge is -2.27. The predicted octanol–water partition coefficient (Wildman–Crippen LogP) is 3.27. The summed E-state index contributed by atoms with van der Waals surface area (Å²) >= 11 is 0. The SMILES string of the molecule is CCN(CCNC(C)CC(C)C)C(=O)OC(C)(C)C. The third kappa shape index (κ3) is 9.77. The second-order valence-corrected chi connectivity index (χ2v) is 6.54. The van der Waals surface area contributed by atoms with Gasteiger partial charge in [-0.25, -0.2) is 4.79 Å². The summed E-state index contributed by atoms with van der Waals surface area (Å²) < 4.78 is 5.37. The molecule has 0 saturated heterocycles. The molecule has 0 aromatic rings. The largest absolute Gasteiger partial charge is 0.444 e.